The quantitative estimate of drug-likeness (QED) is 0.850. The second-order valence-electron chi connectivity index (χ2n) is 3.95. The second-order valence-corrected chi connectivity index (χ2v) is 4.94. The summed E-state index contributed by atoms with van der Waals surface area (Å²) in [5.41, 5.74) is 0.573. The molecular formula is C11H9F3N4O2S. The largest absolute Gasteiger partial charge is 0.481 e. The highest BCUT2D eigenvalue weighted by Crippen LogP contribution is 2.31. The first kappa shape index (κ1) is 15.3. The normalized spacial score (nSPS) is 13.1. The van der Waals surface area contributed by atoms with Crippen molar-refractivity contribution in [3.63, 3.8) is 0 Å². The fraction of sp³-hybridized carbons (Fsp3) is 0.273. The third-order valence-electron chi connectivity index (χ3n) is 2.51. The summed E-state index contributed by atoms with van der Waals surface area (Å²) in [5, 5.41) is 19.4. The lowest BCUT2D eigenvalue weighted by atomic mass is 10.2. The summed E-state index contributed by atoms with van der Waals surface area (Å²) in [6, 6.07) is 8.57. The van der Waals surface area contributed by atoms with E-state index in [-0.39, 0.29) is 5.16 Å². The molecule has 1 aromatic carbocycles. The average molecular weight is 318 g/mol. The van der Waals surface area contributed by atoms with Gasteiger partial charge in [0.1, 0.15) is 0 Å². The Balaban J connectivity index is 2.15. The molecule has 1 N–H and O–H groups in total. The Hall–Kier alpha value is -2.10. The molecule has 0 aliphatic heterocycles. The molecule has 2 aromatic rings. The fourth-order valence-corrected chi connectivity index (χ4v) is 2.47. The number of hydrogen-bond donors (Lipinski definition) is 1. The van der Waals surface area contributed by atoms with Gasteiger partial charge >= 0.3 is 12.1 Å². The lowest BCUT2D eigenvalue weighted by molar-refractivity contribution is -0.188. The number of alkyl halides is 3. The Morgan fingerprint density at radius 3 is 2.57 bits per heavy atom. The van der Waals surface area contributed by atoms with Crippen LogP contribution in [-0.4, -0.2) is 43.2 Å². The average Bonchev–Trinajstić information content (AvgIpc) is 2.86. The highest BCUT2D eigenvalue weighted by molar-refractivity contribution is 7.99. The zero-order chi connectivity index (χ0) is 15.5. The first-order valence-electron chi connectivity index (χ1n) is 5.65. The van der Waals surface area contributed by atoms with E-state index in [1.807, 2.05) is 0 Å². The summed E-state index contributed by atoms with van der Waals surface area (Å²) >= 11 is 0.638. The minimum atomic E-state index is -4.82. The molecule has 1 heterocycles. The number of nitrogens with zero attached hydrogens (tertiary/aromatic N) is 4. The van der Waals surface area contributed by atoms with Gasteiger partial charge in [0.25, 0.3) is 0 Å². The smallest absolute Gasteiger partial charge is 0.403 e. The Morgan fingerprint density at radius 1 is 1.33 bits per heavy atom. The van der Waals surface area contributed by atoms with E-state index in [9.17, 15) is 18.0 Å². The fourth-order valence-electron chi connectivity index (χ4n) is 1.46. The van der Waals surface area contributed by atoms with E-state index in [1.54, 1.807) is 30.3 Å². The first-order valence-corrected chi connectivity index (χ1v) is 6.64. The maximum atomic E-state index is 12.6. The van der Waals surface area contributed by atoms with Crippen molar-refractivity contribution in [1.29, 1.82) is 0 Å². The van der Waals surface area contributed by atoms with Crippen molar-refractivity contribution < 1.29 is 23.1 Å². The van der Waals surface area contributed by atoms with Crippen LogP contribution in [0.1, 0.15) is 0 Å². The summed E-state index contributed by atoms with van der Waals surface area (Å²) in [5.74, 6) is -5.09. The van der Waals surface area contributed by atoms with Crippen LogP contribution in [0.15, 0.2) is 35.5 Å². The zero-order valence-electron chi connectivity index (χ0n) is 10.4. The van der Waals surface area contributed by atoms with Crippen LogP contribution in [0.25, 0.3) is 5.69 Å². The number of tetrazole rings is 1. The van der Waals surface area contributed by atoms with Crippen molar-refractivity contribution >= 4 is 17.7 Å². The summed E-state index contributed by atoms with van der Waals surface area (Å²) in [6.07, 6.45) is -4.82. The topological polar surface area (TPSA) is 80.9 Å². The van der Waals surface area contributed by atoms with Crippen molar-refractivity contribution in [3.8, 4) is 5.69 Å². The standard InChI is InChI=1S/C11H9F3N4O2S/c12-11(13,14)8(9(19)20)6-21-10-15-16-17-18(10)7-4-2-1-3-5-7/h1-5,8H,6H2,(H,19,20). The summed E-state index contributed by atoms with van der Waals surface area (Å²) in [7, 11) is 0. The molecule has 1 atom stereocenters. The molecule has 1 aromatic heterocycles. The molecule has 0 fully saturated rings. The predicted octanol–water partition coefficient (Wildman–Crippen LogP) is 2.02. The van der Waals surface area contributed by atoms with E-state index in [4.69, 9.17) is 5.11 Å². The number of carboxylic acids is 1. The molecule has 112 valence electrons. The second kappa shape index (κ2) is 6.12. The van der Waals surface area contributed by atoms with E-state index >= 15 is 0 Å². The van der Waals surface area contributed by atoms with Crippen molar-refractivity contribution in [1.82, 2.24) is 20.2 Å². The van der Waals surface area contributed by atoms with E-state index in [2.05, 4.69) is 15.5 Å². The van der Waals surface area contributed by atoms with Crippen LogP contribution in [0.3, 0.4) is 0 Å². The first-order chi connectivity index (χ1) is 9.89. The van der Waals surface area contributed by atoms with Gasteiger partial charge in [-0.05, 0) is 22.6 Å². The van der Waals surface area contributed by atoms with Gasteiger partial charge in [0.2, 0.25) is 5.16 Å². The van der Waals surface area contributed by atoms with Gasteiger partial charge in [-0.2, -0.15) is 17.9 Å². The maximum Gasteiger partial charge on any atom is 0.403 e. The molecule has 1 unspecified atom stereocenters. The molecule has 0 spiro atoms. The number of carbonyl (C=O) groups is 1. The van der Waals surface area contributed by atoms with Gasteiger partial charge in [0, 0.05) is 5.75 Å². The molecule has 21 heavy (non-hydrogen) atoms. The highest BCUT2D eigenvalue weighted by Gasteiger charge is 2.45. The number of rotatable bonds is 5. The van der Waals surface area contributed by atoms with Crippen LogP contribution in [0, 0.1) is 5.92 Å². The number of halogens is 3. The van der Waals surface area contributed by atoms with Gasteiger partial charge in [-0.3, -0.25) is 4.79 Å². The predicted molar refractivity (Wildman–Crippen MR) is 67.1 cm³/mol. The van der Waals surface area contributed by atoms with Gasteiger partial charge in [-0.1, -0.05) is 30.0 Å². The van der Waals surface area contributed by atoms with Gasteiger partial charge in [0.05, 0.1) is 5.69 Å². The number of benzene rings is 1. The zero-order valence-corrected chi connectivity index (χ0v) is 11.2. The molecule has 0 saturated heterocycles. The third-order valence-corrected chi connectivity index (χ3v) is 3.53. The van der Waals surface area contributed by atoms with E-state index in [1.165, 1.54) is 4.68 Å². The lowest BCUT2D eigenvalue weighted by Crippen LogP contribution is -2.32. The van der Waals surface area contributed by atoms with Crippen molar-refractivity contribution in [2.75, 3.05) is 5.75 Å². The number of carboxylic acid groups (broad SMARTS) is 1. The van der Waals surface area contributed by atoms with Crippen molar-refractivity contribution in [3.05, 3.63) is 30.3 Å². The molecule has 0 aliphatic carbocycles. The number of thioether (sulfide) groups is 1. The van der Waals surface area contributed by atoms with E-state index < -0.39 is 23.8 Å². The van der Waals surface area contributed by atoms with Crippen LogP contribution in [0.2, 0.25) is 0 Å². The van der Waals surface area contributed by atoms with Crippen LogP contribution in [-0.2, 0) is 4.79 Å². The molecule has 0 aliphatic rings. The molecule has 2 rings (SSSR count). The van der Waals surface area contributed by atoms with Crippen LogP contribution in [0.4, 0.5) is 13.2 Å². The molecule has 10 heteroatoms. The van der Waals surface area contributed by atoms with E-state index in [0.717, 1.165) is 0 Å². The number of aromatic nitrogens is 4. The minimum Gasteiger partial charge on any atom is -0.481 e. The Bertz CT molecular complexity index is 617. The molecule has 0 bridgehead atoms. The van der Waals surface area contributed by atoms with Crippen LogP contribution < -0.4 is 0 Å². The molecular weight excluding hydrogens is 309 g/mol. The highest BCUT2D eigenvalue weighted by atomic mass is 32.2. The Kier molecular flexibility index (Phi) is 4.46. The van der Waals surface area contributed by atoms with Crippen molar-refractivity contribution in [2.45, 2.75) is 11.3 Å². The summed E-state index contributed by atoms with van der Waals surface area (Å²) < 4.78 is 39.0. The van der Waals surface area contributed by atoms with E-state index in [0.29, 0.717) is 17.4 Å². The monoisotopic (exact) mass is 318 g/mol. The summed E-state index contributed by atoms with van der Waals surface area (Å²) in [6.45, 7) is 0. The molecule has 6 nitrogen and oxygen atoms in total. The van der Waals surface area contributed by atoms with Gasteiger partial charge < -0.3 is 5.11 Å². The Labute approximate surface area is 121 Å². The van der Waals surface area contributed by atoms with Gasteiger partial charge in [0.15, 0.2) is 5.92 Å². The molecule has 0 radical (unpaired) electrons. The maximum absolute atomic E-state index is 12.6. The number of hydrogen-bond acceptors (Lipinski definition) is 5. The number of aliphatic carboxylic acids is 1. The van der Waals surface area contributed by atoms with Gasteiger partial charge in [-0.15, -0.1) is 5.10 Å². The molecule has 0 saturated carbocycles. The molecule has 0 amide bonds. The lowest BCUT2D eigenvalue weighted by Gasteiger charge is -2.14. The SMILES string of the molecule is O=C(O)C(CSc1nnnn1-c1ccccc1)C(F)(F)F. The van der Waals surface area contributed by atoms with Crippen LogP contribution in [0.5, 0.6) is 0 Å². The third kappa shape index (κ3) is 3.72. The van der Waals surface area contributed by atoms with Gasteiger partial charge in [-0.25, -0.2) is 0 Å². The van der Waals surface area contributed by atoms with Crippen molar-refractivity contribution in [2.24, 2.45) is 5.92 Å². The number of para-hydroxylation sites is 1. The minimum absolute atomic E-state index is 0.0942. The summed E-state index contributed by atoms with van der Waals surface area (Å²) in [4.78, 5) is 10.7. The Morgan fingerprint density at radius 2 is 2.00 bits per heavy atom. The van der Waals surface area contributed by atoms with Crippen LogP contribution >= 0.6 is 11.8 Å².